The van der Waals surface area contributed by atoms with Crippen LogP contribution in [-0.4, -0.2) is 22.7 Å². The zero-order chi connectivity index (χ0) is 29.9. The van der Waals surface area contributed by atoms with Crippen LogP contribution >= 0.6 is 0 Å². The molecule has 0 radical (unpaired) electrons. The van der Waals surface area contributed by atoms with Crippen molar-refractivity contribution in [2.24, 2.45) is 0 Å². The molecule has 0 aromatic heterocycles. The van der Waals surface area contributed by atoms with E-state index in [1.165, 1.54) is 42.5 Å². The number of carbonyl (C=O) groups excluding carboxylic acids is 1. The Kier molecular flexibility index (Phi) is 8.02. The van der Waals surface area contributed by atoms with Crippen molar-refractivity contribution in [1.29, 1.82) is 0 Å². The van der Waals surface area contributed by atoms with E-state index in [4.69, 9.17) is 0 Å². The second kappa shape index (κ2) is 11.7. The van der Waals surface area contributed by atoms with E-state index >= 15 is 0 Å². The molecular weight excluding hydrogens is 571 g/mol. The van der Waals surface area contributed by atoms with E-state index in [9.17, 15) is 21.6 Å². The van der Waals surface area contributed by atoms with Gasteiger partial charge in [0.05, 0.1) is 21.2 Å². The molecule has 0 saturated carbocycles. The first-order valence-corrected chi connectivity index (χ1v) is 16.1. The Balaban J connectivity index is 1.46. The summed E-state index contributed by atoms with van der Waals surface area (Å²) in [4.78, 5) is 13.2. The fourth-order valence-corrected chi connectivity index (χ4v) is 6.58. The molecule has 10 heteroatoms. The number of nitrogens with one attached hydrogen (secondary N) is 3. The number of carbonyl (C=O) groups is 1. The lowest BCUT2D eigenvalue weighted by Gasteiger charge is -2.16. The topological polar surface area (TPSA) is 121 Å². The van der Waals surface area contributed by atoms with Gasteiger partial charge in [0.25, 0.3) is 26.0 Å². The third-order valence-corrected chi connectivity index (χ3v) is 9.52. The Morgan fingerprint density at radius 1 is 0.619 bits per heavy atom. The van der Waals surface area contributed by atoms with Crippen molar-refractivity contribution in [2.45, 2.75) is 30.2 Å². The van der Waals surface area contributed by atoms with Gasteiger partial charge in [-0.05, 0) is 72.6 Å². The molecule has 5 rings (SSSR count). The minimum Gasteiger partial charge on any atom is -0.348 e. The third kappa shape index (κ3) is 6.45. The summed E-state index contributed by atoms with van der Waals surface area (Å²) < 4.78 is 57.8. The Labute approximate surface area is 245 Å². The van der Waals surface area contributed by atoms with E-state index in [1.54, 1.807) is 24.3 Å². The summed E-state index contributed by atoms with van der Waals surface area (Å²) >= 11 is 0. The number of amides is 1. The molecular formula is C32H29N3O5S2. The van der Waals surface area contributed by atoms with Gasteiger partial charge < -0.3 is 5.32 Å². The smallest absolute Gasteiger partial charge is 0.261 e. The van der Waals surface area contributed by atoms with Crippen molar-refractivity contribution in [3.8, 4) is 0 Å². The largest absolute Gasteiger partial charge is 0.348 e. The molecule has 214 valence electrons. The maximum absolute atomic E-state index is 13.3. The molecule has 0 aliphatic carbocycles. The summed E-state index contributed by atoms with van der Waals surface area (Å²) in [6, 6.07) is 30.3. The second-order valence-electron chi connectivity index (χ2n) is 9.92. The molecule has 0 spiro atoms. The zero-order valence-electron chi connectivity index (χ0n) is 23.0. The highest BCUT2D eigenvalue weighted by molar-refractivity contribution is 7.93. The summed E-state index contributed by atoms with van der Waals surface area (Å²) in [6.45, 7) is 3.92. The number of benzene rings is 5. The lowest BCUT2D eigenvalue weighted by molar-refractivity contribution is 0.0951. The van der Waals surface area contributed by atoms with Gasteiger partial charge in [0.1, 0.15) is 0 Å². The molecule has 42 heavy (non-hydrogen) atoms. The number of sulfonamides is 2. The standard InChI is InChI=1S/C32H29N3O5S2/c1-22-10-15-27(16-11-22)41(37,38)34-30-19-14-25(20-31(30)35-42(39,40)28-17-12-23(2)13-18-28)32(36)33-21-26-8-5-7-24-6-3-4-9-29(24)26/h3-20,34-35H,21H2,1-2H3,(H,33,36). The number of aryl methyl sites for hydroxylation is 2. The van der Waals surface area contributed by atoms with E-state index in [1.807, 2.05) is 56.3 Å². The van der Waals surface area contributed by atoms with Crippen LogP contribution in [0.2, 0.25) is 0 Å². The van der Waals surface area contributed by atoms with E-state index in [0.717, 1.165) is 27.5 Å². The molecule has 5 aromatic carbocycles. The molecule has 0 saturated heterocycles. The maximum Gasteiger partial charge on any atom is 0.261 e. The van der Waals surface area contributed by atoms with E-state index in [0.29, 0.717) is 0 Å². The molecule has 0 fully saturated rings. The maximum atomic E-state index is 13.3. The predicted octanol–water partition coefficient (Wildman–Crippen LogP) is 5.99. The molecule has 0 atom stereocenters. The van der Waals surface area contributed by atoms with Crippen LogP contribution in [0.15, 0.2) is 119 Å². The minimum atomic E-state index is -4.12. The Morgan fingerprint density at radius 3 is 1.79 bits per heavy atom. The zero-order valence-corrected chi connectivity index (χ0v) is 24.6. The van der Waals surface area contributed by atoms with Gasteiger partial charge in [0.2, 0.25) is 0 Å². The molecule has 0 bridgehead atoms. The van der Waals surface area contributed by atoms with Crippen molar-refractivity contribution in [2.75, 3.05) is 9.44 Å². The lowest BCUT2D eigenvalue weighted by Crippen LogP contribution is -2.24. The van der Waals surface area contributed by atoms with E-state index in [2.05, 4.69) is 14.8 Å². The monoisotopic (exact) mass is 599 g/mol. The molecule has 5 aromatic rings. The Morgan fingerprint density at radius 2 is 1.17 bits per heavy atom. The highest BCUT2D eigenvalue weighted by Gasteiger charge is 2.21. The molecule has 0 aliphatic heterocycles. The highest BCUT2D eigenvalue weighted by atomic mass is 32.2. The van der Waals surface area contributed by atoms with Crippen LogP contribution in [0.5, 0.6) is 0 Å². The first kappa shape index (κ1) is 28.8. The van der Waals surface area contributed by atoms with E-state index in [-0.39, 0.29) is 33.3 Å². The van der Waals surface area contributed by atoms with Gasteiger partial charge in [-0.2, -0.15) is 0 Å². The average molecular weight is 600 g/mol. The number of hydrogen-bond donors (Lipinski definition) is 3. The molecule has 3 N–H and O–H groups in total. The number of rotatable bonds is 9. The molecule has 0 unspecified atom stereocenters. The van der Waals surface area contributed by atoms with Crippen LogP contribution in [0.3, 0.4) is 0 Å². The predicted molar refractivity (Wildman–Crippen MR) is 166 cm³/mol. The SMILES string of the molecule is Cc1ccc(S(=O)(=O)Nc2ccc(C(=O)NCc3cccc4ccccc34)cc2NS(=O)(=O)c2ccc(C)cc2)cc1. The summed E-state index contributed by atoms with van der Waals surface area (Å²) in [5, 5.41) is 4.93. The number of fused-ring (bicyclic) bond motifs is 1. The third-order valence-electron chi connectivity index (χ3n) is 6.75. The van der Waals surface area contributed by atoms with Gasteiger partial charge in [0.15, 0.2) is 0 Å². The van der Waals surface area contributed by atoms with Crippen molar-refractivity contribution < 1.29 is 21.6 Å². The van der Waals surface area contributed by atoms with Gasteiger partial charge in [-0.15, -0.1) is 0 Å². The van der Waals surface area contributed by atoms with Gasteiger partial charge >= 0.3 is 0 Å². The van der Waals surface area contributed by atoms with Crippen LogP contribution in [0.4, 0.5) is 11.4 Å². The second-order valence-corrected chi connectivity index (χ2v) is 13.3. The summed E-state index contributed by atoms with van der Waals surface area (Å²) in [5.41, 5.74) is 2.71. The van der Waals surface area contributed by atoms with Crippen LogP contribution in [0.25, 0.3) is 10.8 Å². The molecule has 1 amide bonds. The van der Waals surface area contributed by atoms with Crippen molar-refractivity contribution in [1.82, 2.24) is 5.32 Å². The Bertz CT molecular complexity index is 1980. The fourth-order valence-electron chi connectivity index (χ4n) is 4.43. The fraction of sp³-hybridized carbons (Fsp3) is 0.0938. The summed E-state index contributed by atoms with van der Waals surface area (Å²) in [5.74, 6) is -0.452. The van der Waals surface area contributed by atoms with Crippen LogP contribution in [0.1, 0.15) is 27.0 Å². The van der Waals surface area contributed by atoms with E-state index < -0.39 is 26.0 Å². The first-order chi connectivity index (χ1) is 20.0. The average Bonchev–Trinajstić information content (AvgIpc) is 2.97. The summed E-state index contributed by atoms with van der Waals surface area (Å²) in [7, 11) is -8.18. The first-order valence-electron chi connectivity index (χ1n) is 13.1. The molecule has 0 heterocycles. The normalized spacial score (nSPS) is 11.7. The van der Waals surface area contributed by atoms with Gasteiger partial charge in [-0.25, -0.2) is 16.8 Å². The van der Waals surface area contributed by atoms with Crippen LogP contribution < -0.4 is 14.8 Å². The quantitative estimate of drug-likeness (QED) is 0.192. The molecule has 8 nitrogen and oxygen atoms in total. The van der Waals surface area contributed by atoms with Crippen molar-refractivity contribution in [3.63, 3.8) is 0 Å². The van der Waals surface area contributed by atoms with Gasteiger partial charge in [0, 0.05) is 12.1 Å². The summed E-state index contributed by atoms with van der Waals surface area (Å²) in [6.07, 6.45) is 0. The van der Waals surface area contributed by atoms with Crippen LogP contribution in [0, 0.1) is 13.8 Å². The number of anilines is 2. The minimum absolute atomic E-state index is 0.00810. The lowest BCUT2D eigenvalue weighted by atomic mass is 10.0. The van der Waals surface area contributed by atoms with Crippen molar-refractivity contribution >= 4 is 48.1 Å². The van der Waals surface area contributed by atoms with Gasteiger partial charge in [-0.3, -0.25) is 14.2 Å². The van der Waals surface area contributed by atoms with Crippen molar-refractivity contribution in [3.05, 3.63) is 131 Å². The number of hydrogen-bond acceptors (Lipinski definition) is 5. The van der Waals surface area contributed by atoms with Crippen LogP contribution in [-0.2, 0) is 26.6 Å². The van der Waals surface area contributed by atoms with Gasteiger partial charge in [-0.1, -0.05) is 77.9 Å². The Hall–Kier alpha value is -4.67. The highest BCUT2D eigenvalue weighted by Crippen LogP contribution is 2.29. The molecule has 0 aliphatic rings.